The minimum atomic E-state index is 0.0945. The molecule has 1 aliphatic rings. The number of rotatable bonds is 4. The first-order chi connectivity index (χ1) is 12.8. The quantitative estimate of drug-likeness (QED) is 0.775. The Morgan fingerprint density at radius 2 is 1.77 bits per heavy atom. The molecule has 4 rings (SSSR count). The molecule has 0 bridgehead atoms. The lowest BCUT2D eigenvalue weighted by Gasteiger charge is -2.31. The summed E-state index contributed by atoms with van der Waals surface area (Å²) >= 11 is 0. The molecule has 0 unspecified atom stereocenters. The van der Waals surface area contributed by atoms with E-state index < -0.39 is 0 Å². The van der Waals surface area contributed by atoms with Crippen LogP contribution in [0.2, 0.25) is 0 Å². The number of para-hydroxylation sites is 2. The summed E-state index contributed by atoms with van der Waals surface area (Å²) < 4.78 is 0. The number of fused-ring (bicyclic) bond motifs is 1. The lowest BCUT2D eigenvalue weighted by Crippen LogP contribution is -2.37. The molecule has 1 fully saturated rings. The van der Waals surface area contributed by atoms with E-state index >= 15 is 0 Å². The van der Waals surface area contributed by atoms with Crippen molar-refractivity contribution in [2.24, 2.45) is 5.92 Å². The molecule has 0 spiro atoms. The van der Waals surface area contributed by atoms with Crippen molar-refractivity contribution in [3.05, 3.63) is 72.4 Å². The molecule has 0 aliphatic carbocycles. The van der Waals surface area contributed by atoms with E-state index in [4.69, 9.17) is 0 Å². The first-order valence-corrected chi connectivity index (χ1v) is 9.20. The molecule has 1 N–H and O–H groups in total. The summed E-state index contributed by atoms with van der Waals surface area (Å²) in [7, 11) is 0. The van der Waals surface area contributed by atoms with Crippen molar-refractivity contribution in [1.29, 1.82) is 0 Å². The lowest BCUT2D eigenvalue weighted by atomic mass is 9.95. The molecule has 4 nitrogen and oxygen atoms in total. The molecule has 0 radical (unpaired) electrons. The van der Waals surface area contributed by atoms with Gasteiger partial charge in [0.2, 0.25) is 5.91 Å². The average molecular weight is 345 g/mol. The van der Waals surface area contributed by atoms with Crippen LogP contribution in [0, 0.1) is 5.92 Å². The van der Waals surface area contributed by atoms with Crippen LogP contribution in [0.1, 0.15) is 18.4 Å². The van der Waals surface area contributed by atoms with Crippen LogP contribution in [0.5, 0.6) is 0 Å². The second kappa shape index (κ2) is 7.67. The van der Waals surface area contributed by atoms with Crippen molar-refractivity contribution in [2.45, 2.75) is 19.4 Å². The Balaban J connectivity index is 1.35. The number of hydrogen-bond acceptors (Lipinski definition) is 3. The maximum absolute atomic E-state index is 12.5. The molecule has 2 aromatic carbocycles. The van der Waals surface area contributed by atoms with E-state index in [-0.39, 0.29) is 11.8 Å². The van der Waals surface area contributed by atoms with Gasteiger partial charge in [0.1, 0.15) is 0 Å². The van der Waals surface area contributed by atoms with Gasteiger partial charge in [-0.1, -0.05) is 42.5 Å². The largest absolute Gasteiger partial charge is 0.326 e. The van der Waals surface area contributed by atoms with Crippen LogP contribution in [-0.4, -0.2) is 28.9 Å². The molecule has 4 heteroatoms. The minimum Gasteiger partial charge on any atom is -0.326 e. The number of pyridine rings is 1. The molecule has 1 amide bonds. The topological polar surface area (TPSA) is 45.2 Å². The number of aromatic nitrogens is 1. The fraction of sp³-hybridized carbons (Fsp3) is 0.273. The fourth-order valence-corrected chi connectivity index (χ4v) is 3.65. The number of anilines is 1. The highest BCUT2D eigenvalue weighted by Crippen LogP contribution is 2.23. The highest BCUT2D eigenvalue weighted by atomic mass is 16.1. The Morgan fingerprint density at radius 3 is 2.58 bits per heavy atom. The number of carbonyl (C=O) groups excluding carboxylic acids is 1. The minimum absolute atomic E-state index is 0.0945. The van der Waals surface area contributed by atoms with Crippen LogP contribution in [0.15, 0.2) is 66.9 Å². The monoisotopic (exact) mass is 345 g/mol. The molecular weight excluding hydrogens is 322 g/mol. The SMILES string of the molecule is O=C(Nc1ccccc1)C1CCN(Cc2cccc3cccnc23)CC1. The van der Waals surface area contributed by atoms with Gasteiger partial charge in [0.15, 0.2) is 0 Å². The van der Waals surface area contributed by atoms with Gasteiger partial charge in [-0.05, 0) is 49.7 Å². The predicted molar refractivity (Wildman–Crippen MR) is 105 cm³/mol. The number of nitrogens with zero attached hydrogens (tertiary/aromatic N) is 2. The lowest BCUT2D eigenvalue weighted by molar-refractivity contribution is -0.121. The van der Waals surface area contributed by atoms with Gasteiger partial charge in [0, 0.05) is 29.7 Å². The van der Waals surface area contributed by atoms with Crippen molar-refractivity contribution < 1.29 is 4.79 Å². The normalized spacial score (nSPS) is 15.8. The molecule has 3 aromatic rings. The molecule has 0 atom stereocenters. The van der Waals surface area contributed by atoms with Crippen LogP contribution in [0.25, 0.3) is 10.9 Å². The predicted octanol–water partition coefficient (Wildman–Crippen LogP) is 4.09. The third-order valence-electron chi connectivity index (χ3n) is 5.11. The number of nitrogens with one attached hydrogen (secondary N) is 1. The van der Waals surface area contributed by atoms with E-state index in [0.717, 1.165) is 43.7 Å². The van der Waals surface area contributed by atoms with Gasteiger partial charge < -0.3 is 5.32 Å². The maximum atomic E-state index is 12.5. The van der Waals surface area contributed by atoms with Crippen LogP contribution in [-0.2, 0) is 11.3 Å². The highest BCUT2D eigenvalue weighted by Gasteiger charge is 2.25. The van der Waals surface area contributed by atoms with E-state index in [1.165, 1.54) is 10.9 Å². The Labute approximate surface area is 153 Å². The number of hydrogen-bond donors (Lipinski definition) is 1. The molecule has 1 saturated heterocycles. The Morgan fingerprint density at radius 1 is 1.00 bits per heavy atom. The van der Waals surface area contributed by atoms with Crippen molar-refractivity contribution in [3.8, 4) is 0 Å². The first kappa shape index (κ1) is 16.7. The van der Waals surface area contributed by atoms with Gasteiger partial charge in [-0.2, -0.15) is 0 Å². The molecule has 132 valence electrons. The average Bonchev–Trinajstić information content (AvgIpc) is 2.70. The number of likely N-dealkylation sites (tertiary alicyclic amines) is 1. The van der Waals surface area contributed by atoms with Crippen molar-refractivity contribution in [1.82, 2.24) is 9.88 Å². The molecular formula is C22H23N3O. The second-order valence-corrected chi connectivity index (χ2v) is 6.90. The number of carbonyl (C=O) groups is 1. The summed E-state index contributed by atoms with van der Waals surface area (Å²) in [5.41, 5.74) is 3.22. The van der Waals surface area contributed by atoms with Crippen molar-refractivity contribution in [3.63, 3.8) is 0 Å². The van der Waals surface area contributed by atoms with Crippen LogP contribution < -0.4 is 5.32 Å². The highest BCUT2D eigenvalue weighted by molar-refractivity contribution is 5.92. The summed E-state index contributed by atoms with van der Waals surface area (Å²) in [6, 6.07) is 20.1. The van der Waals surface area contributed by atoms with E-state index in [9.17, 15) is 4.79 Å². The third kappa shape index (κ3) is 3.75. The Kier molecular flexibility index (Phi) is 4.93. The van der Waals surface area contributed by atoms with Gasteiger partial charge in [0.25, 0.3) is 0 Å². The zero-order valence-electron chi connectivity index (χ0n) is 14.8. The van der Waals surface area contributed by atoms with Crippen LogP contribution in [0.3, 0.4) is 0 Å². The zero-order chi connectivity index (χ0) is 17.8. The molecule has 2 heterocycles. The number of piperidine rings is 1. The second-order valence-electron chi connectivity index (χ2n) is 6.90. The summed E-state index contributed by atoms with van der Waals surface area (Å²) in [5.74, 6) is 0.236. The van der Waals surface area contributed by atoms with Crippen molar-refractivity contribution in [2.75, 3.05) is 18.4 Å². The van der Waals surface area contributed by atoms with Gasteiger partial charge in [-0.3, -0.25) is 14.7 Å². The molecule has 0 saturated carbocycles. The van der Waals surface area contributed by atoms with Gasteiger partial charge in [-0.25, -0.2) is 0 Å². The van der Waals surface area contributed by atoms with E-state index in [1.807, 2.05) is 42.6 Å². The standard InChI is InChI=1S/C22H23N3O/c26-22(24-20-9-2-1-3-10-20)18-11-14-25(15-12-18)16-19-7-4-6-17-8-5-13-23-21(17)19/h1-10,13,18H,11-12,14-16H2,(H,24,26). The van der Waals surface area contributed by atoms with Crippen LogP contribution in [0.4, 0.5) is 5.69 Å². The summed E-state index contributed by atoms with van der Waals surface area (Å²) in [4.78, 5) is 19.4. The molecule has 1 aliphatic heterocycles. The fourth-order valence-electron chi connectivity index (χ4n) is 3.65. The smallest absolute Gasteiger partial charge is 0.227 e. The summed E-state index contributed by atoms with van der Waals surface area (Å²) in [5, 5.41) is 4.22. The summed E-state index contributed by atoms with van der Waals surface area (Å²) in [6.45, 7) is 2.77. The van der Waals surface area contributed by atoms with Gasteiger partial charge >= 0.3 is 0 Å². The number of benzene rings is 2. The maximum Gasteiger partial charge on any atom is 0.227 e. The molecule has 26 heavy (non-hydrogen) atoms. The zero-order valence-corrected chi connectivity index (χ0v) is 14.8. The number of amides is 1. The van der Waals surface area contributed by atoms with Gasteiger partial charge in [-0.15, -0.1) is 0 Å². The van der Waals surface area contributed by atoms with E-state index in [2.05, 4.69) is 39.5 Å². The van der Waals surface area contributed by atoms with E-state index in [0.29, 0.717) is 0 Å². The van der Waals surface area contributed by atoms with Crippen LogP contribution >= 0.6 is 0 Å². The Hall–Kier alpha value is -2.72. The molecule has 1 aromatic heterocycles. The van der Waals surface area contributed by atoms with E-state index in [1.54, 1.807) is 0 Å². The third-order valence-corrected chi connectivity index (χ3v) is 5.11. The van der Waals surface area contributed by atoms with Crippen molar-refractivity contribution >= 4 is 22.5 Å². The van der Waals surface area contributed by atoms with Gasteiger partial charge in [0.05, 0.1) is 5.52 Å². The summed E-state index contributed by atoms with van der Waals surface area (Å²) in [6.07, 6.45) is 3.65. The first-order valence-electron chi connectivity index (χ1n) is 9.20. The Bertz CT molecular complexity index is 881.